The van der Waals surface area contributed by atoms with Gasteiger partial charge in [0, 0.05) is 18.6 Å². The van der Waals surface area contributed by atoms with Crippen molar-refractivity contribution in [2.45, 2.75) is 58.0 Å². The highest BCUT2D eigenvalue weighted by Crippen LogP contribution is 2.18. The van der Waals surface area contributed by atoms with Crippen LogP contribution >= 0.6 is 0 Å². The van der Waals surface area contributed by atoms with Crippen molar-refractivity contribution >= 4 is 0 Å². The summed E-state index contributed by atoms with van der Waals surface area (Å²) in [6, 6.07) is 10.2. The fourth-order valence-corrected chi connectivity index (χ4v) is 2.93. The third-order valence-electron chi connectivity index (χ3n) is 4.39. The molecule has 1 aromatic carbocycles. The van der Waals surface area contributed by atoms with Gasteiger partial charge in [-0.25, -0.2) is 0 Å². The third kappa shape index (κ3) is 4.05. The second-order valence-corrected chi connectivity index (χ2v) is 6.32. The highest BCUT2D eigenvalue weighted by molar-refractivity contribution is 5.24. The maximum absolute atomic E-state index is 6.01. The van der Waals surface area contributed by atoms with E-state index >= 15 is 0 Å². The highest BCUT2D eigenvalue weighted by atomic mass is 15.2. The number of benzene rings is 1. The second-order valence-electron chi connectivity index (χ2n) is 6.32. The Morgan fingerprint density at radius 2 is 1.95 bits per heavy atom. The van der Waals surface area contributed by atoms with Gasteiger partial charge >= 0.3 is 0 Å². The molecule has 0 aliphatic carbocycles. The summed E-state index contributed by atoms with van der Waals surface area (Å²) in [5.74, 6) is 0.623. The van der Waals surface area contributed by atoms with Crippen LogP contribution in [-0.2, 0) is 6.42 Å². The quantitative estimate of drug-likeness (QED) is 0.901. The van der Waals surface area contributed by atoms with Crippen LogP contribution in [0.25, 0.3) is 0 Å². The van der Waals surface area contributed by atoms with Crippen LogP contribution in [-0.4, -0.2) is 30.1 Å². The molecule has 0 unspecified atom stereocenters. The molecule has 1 aliphatic rings. The van der Waals surface area contributed by atoms with Gasteiger partial charge in [-0.2, -0.15) is 0 Å². The van der Waals surface area contributed by atoms with Crippen molar-refractivity contribution in [2.75, 3.05) is 13.1 Å². The number of nitrogens with two attached hydrogens (primary N) is 1. The number of likely N-dealkylation sites (tertiary alicyclic amines) is 1. The zero-order valence-electron chi connectivity index (χ0n) is 12.6. The van der Waals surface area contributed by atoms with E-state index in [1.54, 1.807) is 0 Å². The van der Waals surface area contributed by atoms with Crippen molar-refractivity contribution in [3.63, 3.8) is 0 Å². The zero-order valence-corrected chi connectivity index (χ0v) is 12.6. The average Bonchev–Trinajstić information content (AvgIpc) is 2.38. The van der Waals surface area contributed by atoms with E-state index in [1.165, 1.54) is 11.1 Å². The molecular formula is C17H28N2. The van der Waals surface area contributed by atoms with E-state index < -0.39 is 0 Å². The molecule has 1 fully saturated rings. The van der Waals surface area contributed by atoms with Crippen molar-refractivity contribution < 1.29 is 0 Å². The minimum Gasteiger partial charge on any atom is -0.328 e. The summed E-state index contributed by atoms with van der Waals surface area (Å²) in [5, 5.41) is 0. The van der Waals surface area contributed by atoms with Gasteiger partial charge in [-0.1, -0.05) is 38.1 Å². The van der Waals surface area contributed by atoms with Crippen molar-refractivity contribution in [3.8, 4) is 0 Å². The van der Waals surface area contributed by atoms with Gasteiger partial charge in [-0.05, 0) is 49.8 Å². The lowest BCUT2D eigenvalue weighted by molar-refractivity contribution is 0.149. The molecule has 19 heavy (non-hydrogen) atoms. The van der Waals surface area contributed by atoms with Gasteiger partial charge in [0.05, 0.1) is 0 Å². The molecule has 0 bridgehead atoms. The molecule has 2 atom stereocenters. The van der Waals surface area contributed by atoms with E-state index in [2.05, 4.69) is 49.9 Å². The van der Waals surface area contributed by atoms with E-state index in [-0.39, 0.29) is 0 Å². The van der Waals surface area contributed by atoms with Crippen molar-refractivity contribution in [2.24, 2.45) is 5.73 Å². The molecule has 0 amide bonds. The largest absolute Gasteiger partial charge is 0.328 e. The minimum absolute atomic E-state index is 0.413. The number of nitrogens with zero attached hydrogens (tertiary/aromatic N) is 1. The first kappa shape index (κ1) is 14.5. The lowest BCUT2D eigenvalue weighted by Gasteiger charge is -2.36. The molecule has 2 N–H and O–H groups in total. The van der Waals surface area contributed by atoms with Crippen LogP contribution in [0.15, 0.2) is 24.3 Å². The van der Waals surface area contributed by atoms with Crippen molar-refractivity contribution in [3.05, 3.63) is 35.4 Å². The summed E-state index contributed by atoms with van der Waals surface area (Å²) in [7, 11) is 0. The van der Waals surface area contributed by atoms with Gasteiger partial charge in [0.15, 0.2) is 0 Å². The molecule has 1 heterocycles. The van der Waals surface area contributed by atoms with Crippen LogP contribution < -0.4 is 5.73 Å². The standard InChI is InChI=1S/C17H28N2/c1-13(2)16-6-4-15(5-7-16)8-10-19-11-9-17(18)12-14(19)3/h4-7,13-14,17H,8-12,18H2,1-3H3/t14-,17-/m1/s1. The first-order valence-electron chi connectivity index (χ1n) is 7.64. The van der Waals surface area contributed by atoms with Gasteiger partial charge in [0.2, 0.25) is 0 Å². The summed E-state index contributed by atoms with van der Waals surface area (Å²) in [4.78, 5) is 2.58. The summed E-state index contributed by atoms with van der Waals surface area (Å²) >= 11 is 0. The topological polar surface area (TPSA) is 29.3 Å². The van der Waals surface area contributed by atoms with E-state index in [1.807, 2.05) is 0 Å². The minimum atomic E-state index is 0.413. The fourth-order valence-electron chi connectivity index (χ4n) is 2.93. The lowest BCUT2D eigenvalue weighted by atomic mass is 9.98. The van der Waals surface area contributed by atoms with Crippen LogP contribution in [0, 0.1) is 0 Å². The van der Waals surface area contributed by atoms with E-state index in [0.29, 0.717) is 18.0 Å². The molecule has 0 aromatic heterocycles. The van der Waals surface area contributed by atoms with Crippen molar-refractivity contribution in [1.82, 2.24) is 4.90 Å². The summed E-state index contributed by atoms with van der Waals surface area (Å²) < 4.78 is 0. The zero-order chi connectivity index (χ0) is 13.8. The summed E-state index contributed by atoms with van der Waals surface area (Å²) in [6.07, 6.45) is 3.45. The second kappa shape index (κ2) is 6.53. The summed E-state index contributed by atoms with van der Waals surface area (Å²) in [5.41, 5.74) is 8.89. The number of hydrogen-bond donors (Lipinski definition) is 1. The predicted molar refractivity (Wildman–Crippen MR) is 82.5 cm³/mol. The van der Waals surface area contributed by atoms with E-state index in [4.69, 9.17) is 5.73 Å². The fraction of sp³-hybridized carbons (Fsp3) is 0.647. The summed E-state index contributed by atoms with van der Waals surface area (Å²) in [6.45, 7) is 9.11. The smallest absolute Gasteiger partial charge is 0.00818 e. The molecule has 1 aliphatic heterocycles. The molecule has 2 rings (SSSR count). The van der Waals surface area contributed by atoms with Gasteiger partial charge in [-0.3, -0.25) is 0 Å². The average molecular weight is 260 g/mol. The molecule has 106 valence electrons. The van der Waals surface area contributed by atoms with E-state index in [0.717, 1.165) is 32.4 Å². The Hall–Kier alpha value is -0.860. The lowest BCUT2D eigenvalue weighted by Crippen LogP contribution is -2.46. The molecule has 1 saturated heterocycles. The highest BCUT2D eigenvalue weighted by Gasteiger charge is 2.22. The maximum Gasteiger partial charge on any atom is 0.00818 e. The van der Waals surface area contributed by atoms with Crippen LogP contribution in [0.2, 0.25) is 0 Å². The van der Waals surface area contributed by atoms with Gasteiger partial charge in [-0.15, -0.1) is 0 Å². The Kier molecular flexibility index (Phi) is 5.00. The first-order valence-corrected chi connectivity index (χ1v) is 7.64. The molecule has 1 aromatic rings. The monoisotopic (exact) mass is 260 g/mol. The number of rotatable bonds is 4. The van der Waals surface area contributed by atoms with Crippen molar-refractivity contribution in [1.29, 1.82) is 0 Å². The van der Waals surface area contributed by atoms with Gasteiger partial charge in [0.25, 0.3) is 0 Å². The Balaban J connectivity index is 1.85. The normalized spacial score (nSPS) is 24.9. The number of hydrogen-bond acceptors (Lipinski definition) is 2. The van der Waals surface area contributed by atoms with Crippen LogP contribution in [0.3, 0.4) is 0 Å². The molecule has 0 radical (unpaired) electrons. The molecule has 0 spiro atoms. The van der Waals surface area contributed by atoms with Gasteiger partial charge < -0.3 is 10.6 Å². The Labute approximate surface area is 118 Å². The van der Waals surface area contributed by atoms with Gasteiger partial charge in [0.1, 0.15) is 0 Å². The molecular weight excluding hydrogens is 232 g/mol. The third-order valence-corrected chi connectivity index (χ3v) is 4.39. The number of piperidine rings is 1. The first-order chi connectivity index (χ1) is 9.06. The molecule has 2 nitrogen and oxygen atoms in total. The Bertz CT molecular complexity index is 383. The SMILES string of the molecule is CC(C)c1ccc(CCN2CC[C@@H](N)C[C@H]2C)cc1. The Morgan fingerprint density at radius 3 is 2.53 bits per heavy atom. The van der Waals surface area contributed by atoms with E-state index in [9.17, 15) is 0 Å². The van der Waals surface area contributed by atoms with Crippen LogP contribution in [0.5, 0.6) is 0 Å². The molecule has 2 heteroatoms. The predicted octanol–water partition coefficient (Wildman–Crippen LogP) is 3.16. The maximum atomic E-state index is 6.01. The van der Waals surface area contributed by atoms with Crippen LogP contribution in [0.1, 0.15) is 50.7 Å². The Morgan fingerprint density at radius 1 is 1.26 bits per heavy atom. The molecule has 0 saturated carbocycles. The van der Waals surface area contributed by atoms with Crippen LogP contribution in [0.4, 0.5) is 0 Å².